The zero-order valence-electron chi connectivity index (χ0n) is 9.40. The maximum absolute atomic E-state index is 11.3. The second-order valence-electron chi connectivity index (χ2n) is 3.58. The number of H-pyrrole nitrogens is 1. The van der Waals surface area contributed by atoms with E-state index in [-0.39, 0.29) is 5.56 Å². The fourth-order valence-corrected chi connectivity index (χ4v) is 3.19. The third kappa shape index (κ3) is 3.32. The molecule has 0 aliphatic carbocycles. The SMILES string of the molecule is Cc1cc(=O)[nH]c(SCc2nn(C)cc2I)n1. The van der Waals surface area contributed by atoms with Crippen molar-refractivity contribution in [2.75, 3.05) is 0 Å². The molecule has 0 unspecified atom stereocenters. The van der Waals surface area contributed by atoms with Gasteiger partial charge in [0.1, 0.15) is 0 Å². The molecule has 0 spiro atoms. The summed E-state index contributed by atoms with van der Waals surface area (Å²) in [7, 11) is 1.89. The summed E-state index contributed by atoms with van der Waals surface area (Å²) in [5, 5.41) is 4.97. The second-order valence-corrected chi connectivity index (χ2v) is 5.70. The fraction of sp³-hybridized carbons (Fsp3) is 0.300. The molecule has 0 radical (unpaired) electrons. The lowest BCUT2D eigenvalue weighted by molar-refractivity contribution is 0.754. The first-order valence-electron chi connectivity index (χ1n) is 4.93. The summed E-state index contributed by atoms with van der Waals surface area (Å²) in [6.07, 6.45) is 1.96. The van der Waals surface area contributed by atoms with Gasteiger partial charge in [-0.2, -0.15) is 5.10 Å². The van der Waals surface area contributed by atoms with Gasteiger partial charge < -0.3 is 4.98 Å². The molecule has 2 aromatic heterocycles. The van der Waals surface area contributed by atoms with Crippen molar-refractivity contribution in [2.24, 2.45) is 7.05 Å². The maximum atomic E-state index is 11.3. The van der Waals surface area contributed by atoms with E-state index in [4.69, 9.17) is 0 Å². The van der Waals surface area contributed by atoms with Crippen LogP contribution in [-0.2, 0) is 12.8 Å². The summed E-state index contributed by atoms with van der Waals surface area (Å²) >= 11 is 3.73. The van der Waals surface area contributed by atoms with Crippen molar-refractivity contribution in [3.63, 3.8) is 0 Å². The normalized spacial score (nSPS) is 10.8. The minimum Gasteiger partial charge on any atom is -0.301 e. The number of aromatic amines is 1. The summed E-state index contributed by atoms with van der Waals surface area (Å²) in [6.45, 7) is 1.81. The smallest absolute Gasteiger partial charge is 0.251 e. The summed E-state index contributed by atoms with van der Waals surface area (Å²) in [5.74, 6) is 0.700. The number of nitrogens with one attached hydrogen (secondary N) is 1. The van der Waals surface area contributed by atoms with Crippen LogP contribution in [0.25, 0.3) is 0 Å². The summed E-state index contributed by atoms with van der Waals surface area (Å²) in [6, 6.07) is 1.48. The Bertz CT molecular complexity index is 592. The Morgan fingerprint density at radius 3 is 2.94 bits per heavy atom. The molecule has 2 rings (SSSR count). The summed E-state index contributed by atoms with van der Waals surface area (Å²) in [4.78, 5) is 18.2. The largest absolute Gasteiger partial charge is 0.301 e. The molecule has 7 heteroatoms. The predicted octanol–water partition coefficient (Wildman–Crippen LogP) is 1.71. The third-order valence-electron chi connectivity index (χ3n) is 2.05. The molecule has 0 aliphatic rings. The number of nitrogens with zero attached hydrogens (tertiary/aromatic N) is 3. The first kappa shape index (κ1) is 12.6. The molecule has 2 heterocycles. The van der Waals surface area contributed by atoms with Crippen LogP contribution in [0.15, 0.2) is 22.2 Å². The van der Waals surface area contributed by atoms with Crippen LogP contribution in [0.4, 0.5) is 0 Å². The lowest BCUT2D eigenvalue weighted by Crippen LogP contribution is -2.08. The zero-order valence-corrected chi connectivity index (χ0v) is 12.4. The Labute approximate surface area is 116 Å². The number of thioether (sulfide) groups is 1. The van der Waals surface area contributed by atoms with Gasteiger partial charge in [0.05, 0.1) is 9.26 Å². The van der Waals surface area contributed by atoms with E-state index in [1.165, 1.54) is 17.8 Å². The molecule has 0 saturated carbocycles. The highest BCUT2D eigenvalue weighted by Gasteiger charge is 2.07. The van der Waals surface area contributed by atoms with E-state index in [0.717, 1.165) is 15.0 Å². The van der Waals surface area contributed by atoms with Crippen LogP contribution in [0.3, 0.4) is 0 Å². The highest BCUT2D eigenvalue weighted by molar-refractivity contribution is 14.1. The second kappa shape index (κ2) is 5.21. The van der Waals surface area contributed by atoms with Crippen LogP contribution in [0.2, 0.25) is 0 Å². The molecule has 0 aromatic carbocycles. The van der Waals surface area contributed by atoms with Crippen LogP contribution >= 0.6 is 34.4 Å². The Kier molecular flexibility index (Phi) is 3.87. The summed E-state index contributed by atoms with van der Waals surface area (Å²) < 4.78 is 2.90. The van der Waals surface area contributed by atoms with Crippen LogP contribution in [-0.4, -0.2) is 19.7 Å². The van der Waals surface area contributed by atoms with E-state index in [0.29, 0.717) is 10.9 Å². The molecule has 0 aliphatic heterocycles. The summed E-state index contributed by atoms with van der Waals surface area (Å²) in [5.41, 5.74) is 1.62. The van der Waals surface area contributed by atoms with Gasteiger partial charge in [-0.15, -0.1) is 0 Å². The highest BCUT2D eigenvalue weighted by Crippen LogP contribution is 2.20. The average molecular weight is 362 g/mol. The topological polar surface area (TPSA) is 63.6 Å². The van der Waals surface area contributed by atoms with Crippen molar-refractivity contribution in [2.45, 2.75) is 17.8 Å². The van der Waals surface area contributed by atoms with Gasteiger partial charge in [-0.25, -0.2) is 4.98 Å². The van der Waals surface area contributed by atoms with Crippen molar-refractivity contribution >= 4 is 34.4 Å². The number of aromatic nitrogens is 4. The van der Waals surface area contributed by atoms with Gasteiger partial charge in [0.15, 0.2) is 5.16 Å². The third-order valence-corrected chi connectivity index (χ3v) is 3.83. The quantitative estimate of drug-likeness (QED) is 0.513. The van der Waals surface area contributed by atoms with Crippen LogP contribution in [0, 0.1) is 10.5 Å². The van der Waals surface area contributed by atoms with E-state index >= 15 is 0 Å². The van der Waals surface area contributed by atoms with Crippen molar-refractivity contribution in [3.8, 4) is 0 Å². The van der Waals surface area contributed by atoms with Crippen molar-refractivity contribution in [1.29, 1.82) is 0 Å². The first-order chi connectivity index (χ1) is 8.04. The Morgan fingerprint density at radius 2 is 2.35 bits per heavy atom. The minimum atomic E-state index is -0.115. The van der Waals surface area contributed by atoms with E-state index in [9.17, 15) is 4.79 Å². The van der Waals surface area contributed by atoms with Gasteiger partial charge in [0.2, 0.25) is 0 Å². The number of aryl methyl sites for hydroxylation is 2. The van der Waals surface area contributed by atoms with Crippen molar-refractivity contribution < 1.29 is 0 Å². The van der Waals surface area contributed by atoms with E-state index in [1.54, 1.807) is 4.68 Å². The van der Waals surface area contributed by atoms with Gasteiger partial charge in [0, 0.05) is 30.8 Å². The number of halogens is 1. The van der Waals surface area contributed by atoms with Crippen molar-refractivity contribution in [1.82, 2.24) is 19.7 Å². The maximum Gasteiger partial charge on any atom is 0.251 e. The molecule has 1 N–H and O–H groups in total. The van der Waals surface area contributed by atoms with Crippen LogP contribution in [0.5, 0.6) is 0 Å². The number of hydrogen-bond acceptors (Lipinski definition) is 4. The molecule has 0 bridgehead atoms. The molecule has 2 aromatic rings. The average Bonchev–Trinajstić information content (AvgIpc) is 2.53. The molecule has 0 atom stereocenters. The molecule has 17 heavy (non-hydrogen) atoms. The molecule has 90 valence electrons. The molecular weight excluding hydrogens is 351 g/mol. The molecule has 0 saturated heterocycles. The Morgan fingerprint density at radius 1 is 1.59 bits per heavy atom. The number of rotatable bonds is 3. The Balaban J connectivity index is 2.12. The van der Waals surface area contributed by atoms with Gasteiger partial charge in [-0.1, -0.05) is 11.8 Å². The zero-order chi connectivity index (χ0) is 12.4. The van der Waals surface area contributed by atoms with E-state index in [2.05, 4.69) is 37.7 Å². The first-order valence-corrected chi connectivity index (χ1v) is 7.00. The lowest BCUT2D eigenvalue weighted by Gasteiger charge is -2.00. The van der Waals surface area contributed by atoms with Gasteiger partial charge >= 0.3 is 0 Å². The molecular formula is C10H11IN4OS. The van der Waals surface area contributed by atoms with Crippen LogP contribution in [0.1, 0.15) is 11.4 Å². The van der Waals surface area contributed by atoms with Crippen LogP contribution < -0.4 is 5.56 Å². The molecule has 0 fully saturated rings. The lowest BCUT2D eigenvalue weighted by atomic mass is 10.5. The monoisotopic (exact) mass is 362 g/mol. The minimum absolute atomic E-state index is 0.115. The van der Waals surface area contributed by atoms with E-state index < -0.39 is 0 Å². The fourth-order valence-electron chi connectivity index (χ4n) is 1.36. The van der Waals surface area contributed by atoms with Gasteiger partial charge in [-0.05, 0) is 29.5 Å². The molecule has 0 amide bonds. The number of hydrogen-bond donors (Lipinski definition) is 1. The standard InChI is InChI=1S/C10H11IN4OS/c1-6-3-9(16)13-10(12-6)17-5-8-7(11)4-15(2)14-8/h3-4H,5H2,1-2H3,(H,12,13,16). The van der Waals surface area contributed by atoms with Crippen molar-refractivity contribution in [3.05, 3.63) is 37.6 Å². The molecule has 5 nitrogen and oxygen atoms in total. The Hall–Kier alpha value is -0.830. The highest BCUT2D eigenvalue weighted by atomic mass is 127. The van der Waals surface area contributed by atoms with Gasteiger partial charge in [-0.3, -0.25) is 9.48 Å². The van der Waals surface area contributed by atoms with Gasteiger partial charge in [0.25, 0.3) is 5.56 Å². The van der Waals surface area contributed by atoms with E-state index in [1.807, 2.05) is 20.2 Å². The predicted molar refractivity (Wildman–Crippen MR) is 75.1 cm³/mol.